The van der Waals surface area contributed by atoms with Gasteiger partial charge in [-0.25, -0.2) is 0 Å². The highest BCUT2D eigenvalue weighted by Gasteiger charge is 2.36. The van der Waals surface area contributed by atoms with Crippen LogP contribution in [0.15, 0.2) is 47.4 Å². The third kappa shape index (κ3) is 3.49. The molecule has 1 aliphatic rings. The van der Waals surface area contributed by atoms with Gasteiger partial charge in [-0.05, 0) is 30.9 Å². The number of aromatic nitrogens is 1. The number of aliphatic hydroxyl groups excluding tert-OH is 1. The van der Waals surface area contributed by atoms with Crippen LogP contribution in [-0.4, -0.2) is 29.4 Å². The molecule has 0 bridgehead atoms. The van der Waals surface area contributed by atoms with Crippen LogP contribution >= 0.6 is 0 Å². The second-order valence-electron chi connectivity index (χ2n) is 7.26. The lowest BCUT2D eigenvalue weighted by Crippen LogP contribution is -2.45. The Kier molecular flexibility index (Phi) is 5.67. The van der Waals surface area contributed by atoms with Gasteiger partial charge in [0.25, 0.3) is 5.56 Å². The summed E-state index contributed by atoms with van der Waals surface area (Å²) >= 11 is 0. The lowest BCUT2D eigenvalue weighted by Gasteiger charge is -2.42. The van der Waals surface area contributed by atoms with E-state index in [-0.39, 0.29) is 17.6 Å². The summed E-state index contributed by atoms with van der Waals surface area (Å²) in [6.45, 7) is 4.51. The number of anilines is 2. The molecular weight excluding hydrogens is 326 g/mol. The first-order chi connectivity index (χ1) is 12.6. The molecule has 5 heteroatoms. The van der Waals surface area contributed by atoms with Crippen molar-refractivity contribution in [2.45, 2.75) is 44.6 Å². The normalized spacial score (nSPS) is 16.6. The molecule has 0 spiro atoms. The lowest BCUT2D eigenvalue weighted by atomic mass is 9.73. The summed E-state index contributed by atoms with van der Waals surface area (Å²) in [5.41, 5.74) is 8.21. The van der Waals surface area contributed by atoms with Crippen molar-refractivity contribution in [3.63, 3.8) is 0 Å². The average Bonchev–Trinajstić information content (AvgIpc) is 2.70. The van der Waals surface area contributed by atoms with Crippen molar-refractivity contribution in [2.75, 3.05) is 30.3 Å². The van der Waals surface area contributed by atoms with Gasteiger partial charge in [-0.3, -0.25) is 4.79 Å². The van der Waals surface area contributed by atoms with E-state index in [0.717, 1.165) is 44.5 Å². The van der Waals surface area contributed by atoms with Gasteiger partial charge in [0.1, 0.15) is 5.69 Å². The topological polar surface area (TPSA) is 71.5 Å². The Morgan fingerprint density at radius 2 is 1.85 bits per heavy atom. The van der Waals surface area contributed by atoms with E-state index in [0.29, 0.717) is 12.2 Å². The van der Waals surface area contributed by atoms with E-state index in [1.54, 1.807) is 4.57 Å². The number of benzene rings is 1. The van der Waals surface area contributed by atoms with Crippen LogP contribution in [0.3, 0.4) is 0 Å². The molecule has 0 amide bonds. The fourth-order valence-corrected chi connectivity index (χ4v) is 3.87. The second-order valence-corrected chi connectivity index (χ2v) is 7.26. The minimum absolute atomic E-state index is 0.0991. The number of piperidine rings is 1. The van der Waals surface area contributed by atoms with E-state index in [1.165, 1.54) is 5.56 Å². The third-order valence-electron chi connectivity index (χ3n) is 5.68. The number of hydrogen-bond donors (Lipinski definition) is 2. The molecule has 0 saturated carbocycles. The molecule has 26 heavy (non-hydrogen) atoms. The Morgan fingerprint density at radius 1 is 1.15 bits per heavy atom. The van der Waals surface area contributed by atoms with E-state index in [4.69, 9.17) is 5.73 Å². The molecule has 0 atom stereocenters. The van der Waals surface area contributed by atoms with Crippen molar-refractivity contribution in [1.29, 1.82) is 0 Å². The molecule has 1 aromatic heterocycles. The van der Waals surface area contributed by atoms with E-state index in [1.807, 2.05) is 30.5 Å². The number of pyridine rings is 1. The summed E-state index contributed by atoms with van der Waals surface area (Å²) < 4.78 is 1.70. The smallest absolute Gasteiger partial charge is 0.275 e. The van der Waals surface area contributed by atoms with Crippen molar-refractivity contribution < 1.29 is 5.11 Å². The maximum absolute atomic E-state index is 12.5. The van der Waals surface area contributed by atoms with Crippen molar-refractivity contribution in [3.8, 4) is 0 Å². The van der Waals surface area contributed by atoms with Gasteiger partial charge in [0.05, 0.1) is 12.3 Å². The van der Waals surface area contributed by atoms with Gasteiger partial charge >= 0.3 is 0 Å². The standard InChI is InChI=1S/C21H29N3O2/c1-2-3-12-24-13-9-18(19(22)20(24)26)23-14-10-21(16-25,11-15-23)17-7-5-4-6-8-17/h4-9,13,25H,2-3,10-12,14-16,22H2,1H3. The summed E-state index contributed by atoms with van der Waals surface area (Å²) in [6, 6.07) is 12.2. The van der Waals surface area contributed by atoms with Crippen LogP contribution in [0.2, 0.25) is 0 Å². The molecular formula is C21H29N3O2. The predicted octanol–water partition coefficient (Wildman–Crippen LogP) is 2.76. The molecule has 140 valence electrons. The summed E-state index contributed by atoms with van der Waals surface area (Å²) in [7, 11) is 0. The van der Waals surface area contributed by atoms with Crippen LogP contribution in [0.25, 0.3) is 0 Å². The molecule has 2 heterocycles. The molecule has 1 fully saturated rings. The molecule has 3 N–H and O–H groups in total. The van der Waals surface area contributed by atoms with Gasteiger partial charge in [-0.1, -0.05) is 43.7 Å². The fraction of sp³-hybridized carbons (Fsp3) is 0.476. The van der Waals surface area contributed by atoms with Crippen LogP contribution in [0.5, 0.6) is 0 Å². The molecule has 1 saturated heterocycles. The highest BCUT2D eigenvalue weighted by atomic mass is 16.3. The number of nitrogens with zero attached hydrogens (tertiary/aromatic N) is 2. The molecule has 0 radical (unpaired) electrons. The van der Waals surface area contributed by atoms with Crippen LogP contribution in [0.4, 0.5) is 11.4 Å². The zero-order valence-electron chi connectivity index (χ0n) is 15.5. The number of rotatable bonds is 6. The monoisotopic (exact) mass is 355 g/mol. The van der Waals surface area contributed by atoms with Gasteiger partial charge in [0.2, 0.25) is 0 Å². The fourth-order valence-electron chi connectivity index (χ4n) is 3.87. The van der Waals surface area contributed by atoms with Gasteiger partial charge in [0.15, 0.2) is 0 Å². The molecule has 1 aliphatic heterocycles. The van der Waals surface area contributed by atoms with Crippen molar-refractivity contribution in [3.05, 3.63) is 58.5 Å². The second kappa shape index (κ2) is 7.96. The molecule has 2 aromatic rings. The van der Waals surface area contributed by atoms with Crippen molar-refractivity contribution in [1.82, 2.24) is 4.57 Å². The maximum atomic E-state index is 12.5. The Bertz CT molecular complexity index is 778. The van der Waals surface area contributed by atoms with Crippen molar-refractivity contribution >= 4 is 11.4 Å². The summed E-state index contributed by atoms with van der Waals surface area (Å²) in [5.74, 6) is 0. The minimum atomic E-state index is -0.206. The Balaban J connectivity index is 1.78. The van der Waals surface area contributed by atoms with Crippen LogP contribution < -0.4 is 16.2 Å². The molecule has 0 aliphatic carbocycles. The number of aryl methyl sites for hydroxylation is 1. The SMILES string of the molecule is CCCCn1ccc(N2CCC(CO)(c3ccccc3)CC2)c(N)c1=O. The minimum Gasteiger partial charge on any atom is -0.395 e. The van der Waals surface area contributed by atoms with Gasteiger partial charge in [0, 0.05) is 31.2 Å². The third-order valence-corrected chi connectivity index (χ3v) is 5.68. The van der Waals surface area contributed by atoms with E-state index >= 15 is 0 Å². The van der Waals surface area contributed by atoms with E-state index in [9.17, 15) is 9.90 Å². The highest BCUT2D eigenvalue weighted by molar-refractivity contribution is 5.66. The van der Waals surface area contributed by atoms with Crippen molar-refractivity contribution in [2.24, 2.45) is 0 Å². The number of hydrogen-bond acceptors (Lipinski definition) is 4. The summed E-state index contributed by atoms with van der Waals surface area (Å²) in [6.07, 6.45) is 5.55. The zero-order valence-corrected chi connectivity index (χ0v) is 15.5. The van der Waals surface area contributed by atoms with E-state index in [2.05, 4.69) is 24.0 Å². The Morgan fingerprint density at radius 3 is 2.46 bits per heavy atom. The van der Waals surface area contributed by atoms with Crippen LogP contribution in [-0.2, 0) is 12.0 Å². The number of unbranched alkanes of at least 4 members (excludes halogenated alkanes) is 1. The number of nitrogens with two attached hydrogens (primary N) is 1. The van der Waals surface area contributed by atoms with E-state index < -0.39 is 0 Å². The van der Waals surface area contributed by atoms with Gasteiger partial charge < -0.3 is 20.3 Å². The highest BCUT2D eigenvalue weighted by Crippen LogP contribution is 2.37. The summed E-state index contributed by atoms with van der Waals surface area (Å²) in [4.78, 5) is 14.7. The maximum Gasteiger partial charge on any atom is 0.275 e. The average molecular weight is 355 g/mol. The lowest BCUT2D eigenvalue weighted by molar-refractivity contribution is 0.165. The summed E-state index contributed by atoms with van der Waals surface area (Å²) in [5, 5.41) is 10.1. The quantitative estimate of drug-likeness (QED) is 0.836. The zero-order chi connectivity index (χ0) is 18.6. The Hall–Kier alpha value is -2.27. The first kappa shape index (κ1) is 18.5. The molecule has 5 nitrogen and oxygen atoms in total. The number of aliphatic hydroxyl groups is 1. The first-order valence-corrected chi connectivity index (χ1v) is 9.51. The molecule has 1 aromatic carbocycles. The first-order valence-electron chi connectivity index (χ1n) is 9.51. The number of nitrogen functional groups attached to an aromatic ring is 1. The predicted molar refractivity (Wildman–Crippen MR) is 107 cm³/mol. The molecule has 3 rings (SSSR count). The molecule has 0 unspecified atom stereocenters. The largest absolute Gasteiger partial charge is 0.395 e. The van der Waals surface area contributed by atoms with Gasteiger partial charge in [-0.2, -0.15) is 0 Å². The van der Waals surface area contributed by atoms with Crippen LogP contribution in [0, 0.1) is 0 Å². The van der Waals surface area contributed by atoms with Gasteiger partial charge in [-0.15, -0.1) is 0 Å². The van der Waals surface area contributed by atoms with Crippen LogP contribution in [0.1, 0.15) is 38.2 Å². The Labute approximate surface area is 155 Å².